The SMILES string of the molecule is CCc1ccccc1NC(=O)/C(C#N)=C\c1cc2c(cc1Cl)N(C)C(C)(C)C[C@@H]2C. The van der Waals surface area contributed by atoms with Crippen LogP contribution in [0.15, 0.2) is 42.0 Å². The van der Waals surface area contributed by atoms with Gasteiger partial charge in [-0.3, -0.25) is 4.79 Å². The number of rotatable bonds is 4. The molecule has 0 spiro atoms. The lowest BCUT2D eigenvalue weighted by molar-refractivity contribution is -0.112. The first-order chi connectivity index (χ1) is 14.2. The average Bonchev–Trinajstić information content (AvgIpc) is 2.71. The molecular formula is C25H28ClN3O. The second kappa shape index (κ2) is 8.53. The van der Waals surface area contributed by atoms with Gasteiger partial charge < -0.3 is 10.2 Å². The van der Waals surface area contributed by atoms with Crippen molar-refractivity contribution >= 4 is 35.0 Å². The second-order valence-corrected chi connectivity index (χ2v) is 8.95. The molecule has 1 aliphatic heterocycles. The number of nitrogens with zero attached hydrogens (tertiary/aromatic N) is 2. The smallest absolute Gasteiger partial charge is 0.266 e. The van der Waals surface area contributed by atoms with E-state index >= 15 is 0 Å². The monoisotopic (exact) mass is 421 g/mol. The molecule has 1 amide bonds. The van der Waals surface area contributed by atoms with E-state index in [1.165, 1.54) is 5.56 Å². The molecule has 0 radical (unpaired) electrons. The number of hydrogen-bond acceptors (Lipinski definition) is 3. The van der Waals surface area contributed by atoms with E-state index in [1.54, 1.807) is 6.08 Å². The summed E-state index contributed by atoms with van der Waals surface area (Å²) in [5, 5.41) is 13.0. The maximum Gasteiger partial charge on any atom is 0.266 e. The molecule has 1 heterocycles. The second-order valence-electron chi connectivity index (χ2n) is 8.54. The Hall–Kier alpha value is -2.77. The minimum Gasteiger partial charge on any atom is -0.369 e. The van der Waals surface area contributed by atoms with Gasteiger partial charge in [-0.1, -0.05) is 43.6 Å². The van der Waals surface area contributed by atoms with Gasteiger partial charge in [-0.25, -0.2) is 0 Å². The number of fused-ring (bicyclic) bond motifs is 1. The van der Waals surface area contributed by atoms with Crippen LogP contribution in [0.2, 0.25) is 5.02 Å². The predicted molar refractivity (Wildman–Crippen MR) is 125 cm³/mol. The summed E-state index contributed by atoms with van der Waals surface area (Å²) in [6.45, 7) is 8.67. The molecule has 0 bridgehead atoms. The zero-order chi connectivity index (χ0) is 22.1. The summed E-state index contributed by atoms with van der Waals surface area (Å²) in [7, 11) is 2.08. The quantitative estimate of drug-likeness (QED) is 0.474. The van der Waals surface area contributed by atoms with Gasteiger partial charge >= 0.3 is 0 Å². The number of anilines is 2. The number of carbonyl (C=O) groups excluding carboxylic acids is 1. The van der Waals surface area contributed by atoms with E-state index < -0.39 is 5.91 Å². The maximum atomic E-state index is 12.8. The number of nitrogens with one attached hydrogen (secondary N) is 1. The maximum absolute atomic E-state index is 12.8. The summed E-state index contributed by atoms with van der Waals surface area (Å²) in [6.07, 6.45) is 3.39. The van der Waals surface area contributed by atoms with E-state index in [9.17, 15) is 10.1 Å². The molecule has 0 saturated carbocycles. The van der Waals surface area contributed by atoms with Crippen LogP contribution in [0.25, 0.3) is 6.08 Å². The van der Waals surface area contributed by atoms with E-state index in [-0.39, 0.29) is 11.1 Å². The summed E-state index contributed by atoms with van der Waals surface area (Å²) in [5.41, 5.74) is 4.78. The normalized spacial score (nSPS) is 17.8. The minimum atomic E-state index is -0.432. The number of benzene rings is 2. The van der Waals surface area contributed by atoms with Crippen LogP contribution in [0.4, 0.5) is 11.4 Å². The van der Waals surface area contributed by atoms with E-state index in [0.717, 1.165) is 29.8 Å². The highest BCUT2D eigenvalue weighted by atomic mass is 35.5. The molecule has 0 fully saturated rings. The largest absolute Gasteiger partial charge is 0.369 e. The van der Waals surface area contributed by atoms with Gasteiger partial charge in [0.15, 0.2) is 0 Å². The number of amides is 1. The van der Waals surface area contributed by atoms with Crippen molar-refractivity contribution in [3.05, 3.63) is 63.7 Å². The van der Waals surface area contributed by atoms with Gasteiger partial charge in [-0.2, -0.15) is 5.26 Å². The van der Waals surface area contributed by atoms with Gasteiger partial charge in [0.25, 0.3) is 5.91 Å². The fourth-order valence-electron chi connectivity index (χ4n) is 4.16. The molecular weight excluding hydrogens is 394 g/mol. The topological polar surface area (TPSA) is 56.1 Å². The van der Waals surface area contributed by atoms with Crippen LogP contribution in [0.5, 0.6) is 0 Å². The fraction of sp³-hybridized carbons (Fsp3) is 0.360. The molecule has 0 aromatic heterocycles. The average molecular weight is 422 g/mol. The third kappa shape index (κ3) is 4.22. The Bertz CT molecular complexity index is 1050. The Kier molecular flexibility index (Phi) is 6.24. The van der Waals surface area contributed by atoms with Gasteiger partial charge in [-0.15, -0.1) is 0 Å². The number of halogens is 1. The van der Waals surface area contributed by atoms with Gasteiger partial charge in [0.2, 0.25) is 0 Å². The molecule has 156 valence electrons. The summed E-state index contributed by atoms with van der Waals surface area (Å²) in [5.74, 6) is -0.0788. The summed E-state index contributed by atoms with van der Waals surface area (Å²) >= 11 is 6.57. The van der Waals surface area contributed by atoms with E-state index in [4.69, 9.17) is 11.6 Å². The molecule has 1 atom stereocenters. The summed E-state index contributed by atoms with van der Waals surface area (Å²) < 4.78 is 0. The Morgan fingerprint density at radius 1 is 1.37 bits per heavy atom. The van der Waals surface area contributed by atoms with Crippen LogP contribution in [-0.2, 0) is 11.2 Å². The highest BCUT2D eigenvalue weighted by molar-refractivity contribution is 6.32. The van der Waals surface area contributed by atoms with Crippen LogP contribution >= 0.6 is 11.6 Å². The van der Waals surface area contributed by atoms with Crippen LogP contribution in [-0.4, -0.2) is 18.5 Å². The molecule has 30 heavy (non-hydrogen) atoms. The predicted octanol–water partition coefficient (Wildman–Crippen LogP) is 6.17. The van der Waals surface area contributed by atoms with Crippen molar-refractivity contribution in [2.45, 2.75) is 52.0 Å². The first-order valence-electron chi connectivity index (χ1n) is 10.3. The minimum absolute atomic E-state index is 0.0277. The molecule has 3 rings (SSSR count). The Balaban J connectivity index is 1.96. The van der Waals surface area contributed by atoms with Crippen LogP contribution in [0, 0.1) is 11.3 Å². The molecule has 4 nitrogen and oxygen atoms in total. The van der Waals surface area contributed by atoms with E-state index in [0.29, 0.717) is 16.5 Å². The third-order valence-electron chi connectivity index (χ3n) is 6.06. The van der Waals surface area contributed by atoms with Crippen molar-refractivity contribution in [1.29, 1.82) is 5.26 Å². The summed E-state index contributed by atoms with van der Waals surface area (Å²) in [4.78, 5) is 15.0. The van der Waals surface area contributed by atoms with Crippen molar-refractivity contribution in [3.63, 3.8) is 0 Å². The van der Waals surface area contributed by atoms with Gasteiger partial charge in [0, 0.05) is 29.0 Å². The van der Waals surface area contributed by atoms with Crippen molar-refractivity contribution < 1.29 is 4.79 Å². The van der Waals surface area contributed by atoms with Crippen molar-refractivity contribution in [2.24, 2.45) is 0 Å². The van der Waals surface area contributed by atoms with Gasteiger partial charge in [0.05, 0.1) is 0 Å². The number of hydrogen-bond donors (Lipinski definition) is 1. The van der Waals surface area contributed by atoms with Crippen molar-refractivity contribution in [1.82, 2.24) is 0 Å². The molecule has 0 aliphatic carbocycles. The van der Waals surface area contributed by atoms with Crippen LogP contribution in [0.1, 0.15) is 56.7 Å². The first kappa shape index (κ1) is 21.9. The Morgan fingerprint density at radius 3 is 2.73 bits per heavy atom. The van der Waals surface area contributed by atoms with E-state index in [1.807, 2.05) is 49.4 Å². The van der Waals surface area contributed by atoms with Gasteiger partial charge in [-0.05, 0) is 73.6 Å². The molecule has 0 unspecified atom stereocenters. The molecule has 1 aliphatic rings. The lowest BCUT2D eigenvalue weighted by Crippen LogP contribution is -2.45. The number of nitriles is 1. The Morgan fingerprint density at radius 2 is 2.07 bits per heavy atom. The number of carbonyl (C=O) groups is 1. The highest BCUT2D eigenvalue weighted by Gasteiger charge is 2.34. The molecule has 0 saturated heterocycles. The molecule has 5 heteroatoms. The third-order valence-corrected chi connectivity index (χ3v) is 6.39. The number of aryl methyl sites for hydroxylation is 1. The zero-order valence-electron chi connectivity index (χ0n) is 18.2. The fourth-order valence-corrected chi connectivity index (χ4v) is 4.37. The van der Waals surface area contributed by atoms with Crippen LogP contribution < -0.4 is 10.2 Å². The van der Waals surface area contributed by atoms with Crippen LogP contribution in [0.3, 0.4) is 0 Å². The van der Waals surface area contributed by atoms with Crippen molar-refractivity contribution in [3.8, 4) is 6.07 Å². The summed E-state index contributed by atoms with van der Waals surface area (Å²) in [6, 6.07) is 13.6. The zero-order valence-corrected chi connectivity index (χ0v) is 19.0. The highest BCUT2D eigenvalue weighted by Crippen LogP contribution is 2.44. The first-order valence-corrected chi connectivity index (χ1v) is 10.6. The number of para-hydroxylation sites is 1. The lowest BCUT2D eigenvalue weighted by atomic mass is 9.80. The molecule has 2 aromatic carbocycles. The van der Waals surface area contributed by atoms with Crippen molar-refractivity contribution in [2.75, 3.05) is 17.3 Å². The van der Waals surface area contributed by atoms with Gasteiger partial charge in [0.1, 0.15) is 11.6 Å². The molecule has 2 aromatic rings. The lowest BCUT2D eigenvalue weighted by Gasteiger charge is -2.45. The standard InChI is InChI=1S/C25H28ClN3O/c1-6-17-9-7-8-10-22(17)28-24(30)19(15-27)11-18-12-20-16(2)14-25(3,4)29(5)23(20)13-21(18)26/h7-13,16H,6,14H2,1-5H3,(H,28,30)/b19-11-/t16-/m0/s1. The molecule has 1 N–H and O–H groups in total. The Labute approximate surface area is 184 Å². The van der Waals surface area contributed by atoms with E-state index in [2.05, 4.69) is 38.0 Å².